The first kappa shape index (κ1) is 11.0. The van der Waals surface area contributed by atoms with E-state index in [-0.39, 0.29) is 11.3 Å². The Morgan fingerprint density at radius 3 is 3.06 bits per heavy atom. The van der Waals surface area contributed by atoms with Crippen LogP contribution < -0.4 is 15.6 Å². The Morgan fingerprint density at radius 2 is 2.44 bits per heavy atom. The predicted octanol–water partition coefficient (Wildman–Crippen LogP) is 1.24. The average molecular weight is 223 g/mol. The number of H-pyrrole nitrogens is 1. The van der Waals surface area contributed by atoms with Gasteiger partial charge in [-0.15, -0.1) is 0 Å². The molecule has 1 unspecified atom stereocenters. The van der Waals surface area contributed by atoms with E-state index in [2.05, 4.69) is 22.2 Å². The summed E-state index contributed by atoms with van der Waals surface area (Å²) in [6, 6.07) is 0. The van der Waals surface area contributed by atoms with Crippen LogP contribution in [-0.2, 0) is 0 Å². The Morgan fingerprint density at radius 1 is 1.69 bits per heavy atom. The number of aromatic nitrogens is 2. The minimum atomic E-state index is -0.251. The zero-order valence-corrected chi connectivity index (χ0v) is 9.62. The van der Waals surface area contributed by atoms with E-state index in [4.69, 9.17) is 4.74 Å². The second-order valence-corrected chi connectivity index (χ2v) is 4.31. The average Bonchev–Trinajstić information content (AvgIpc) is 3.09. The second-order valence-electron chi connectivity index (χ2n) is 4.31. The monoisotopic (exact) mass is 223 g/mol. The van der Waals surface area contributed by atoms with E-state index in [0.29, 0.717) is 11.7 Å². The van der Waals surface area contributed by atoms with E-state index in [1.54, 1.807) is 0 Å². The van der Waals surface area contributed by atoms with Gasteiger partial charge in [0.2, 0.25) is 5.75 Å². The van der Waals surface area contributed by atoms with Gasteiger partial charge in [0.15, 0.2) is 5.82 Å². The van der Waals surface area contributed by atoms with Crippen molar-refractivity contribution in [2.75, 3.05) is 19.0 Å². The molecule has 1 aromatic heterocycles. The van der Waals surface area contributed by atoms with Crippen LogP contribution in [0.25, 0.3) is 0 Å². The highest BCUT2D eigenvalue weighted by Crippen LogP contribution is 2.36. The van der Waals surface area contributed by atoms with Gasteiger partial charge in [-0.2, -0.15) is 0 Å². The van der Waals surface area contributed by atoms with E-state index in [0.717, 1.165) is 12.5 Å². The molecule has 1 heterocycles. The highest BCUT2D eigenvalue weighted by molar-refractivity contribution is 5.47. The van der Waals surface area contributed by atoms with Gasteiger partial charge in [-0.3, -0.25) is 4.79 Å². The third-order valence-corrected chi connectivity index (χ3v) is 3.03. The first-order valence-corrected chi connectivity index (χ1v) is 5.58. The van der Waals surface area contributed by atoms with Gasteiger partial charge in [0, 0.05) is 6.54 Å². The topological polar surface area (TPSA) is 67.0 Å². The van der Waals surface area contributed by atoms with Crippen LogP contribution >= 0.6 is 0 Å². The lowest BCUT2D eigenvalue weighted by Gasteiger charge is -2.13. The number of nitrogens with one attached hydrogen (secondary N) is 2. The lowest BCUT2D eigenvalue weighted by atomic mass is 10.1. The Kier molecular flexibility index (Phi) is 3.12. The summed E-state index contributed by atoms with van der Waals surface area (Å²) in [7, 11) is 1.47. The van der Waals surface area contributed by atoms with Crippen LogP contribution in [0, 0.1) is 11.8 Å². The minimum Gasteiger partial charge on any atom is -0.489 e. The molecule has 16 heavy (non-hydrogen) atoms. The molecule has 2 rings (SSSR count). The summed E-state index contributed by atoms with van der Waals surface area (Å²) in [6.45, 7) is 3.04. The van der Waals surface area contributed by atoms with Gasteiger partial charge < -0.3 is 15.0 Å². The molecular formula is C11H17N3O2. The van der Waals surface area contributed by atoms with E-state index in [1.165, 1.54) is 26.3 Å². The Bertz CT molecular complexity index is 412. The fraction of sp³-hybridized carbons (Fsp3) is 0.636. The number of aromatic amines is 1. The second kappa shape index (κ2) is 4.55. The lowest BCUT2D eigenvalue weighted by Crippen LogP contribution is -2.18. The van der Waals surface area contributed by atoms with E-state index in [9.17, 15) is 4.79 Å². The highest BCUT2D eigenvalue weighted by Gasteiger charge is 2.27. The summed E-state index contributed by atoms with van der Waals surface area (Å²) in [5.41, 5.74) is -0.251. The van der Waals surface area contributed by atoms with Crippen LogP contribution in [0.15, 0.2) is 11.1 Å². The molecule has 2 N–H and O–H groups in total. The lowest BCUT2D eigenvalue weighted by molar-refractivity contribution is 0.407. The number of anilines is 1. The van der Waals surface area contributed by atoms with Gasteiger partial charge >= 0.3 is 0 Å². The molecule has 0 amide bonds. The van der Waals surface area contributed by atoms with Crippen LogP contribution in [0.5, 0.6) is 5.75 Å². The molecule has 0 spiro atoms. The number of rotatable bonds is 5. The SMILES string of the molecule is COc1c(NCC(C)C2CC2)nc[nH]c1=O. The minimum absolute atomic E-state index is 0.251. The molecule has 1 fully saturated rings. The standard InChI is InChI=1S/C11H17N3O2/c1-7(8-3-4-8)5-12-10-9(16-2)11(15)14-6-13-10/h6-8H,3-5H2,1-2H3,(H2,12,13,14,15). The summed E-state index contributed by atoms with van der Waals surface area (Å²) in [6.07, 6.45) is 4.03. The van der Waals surface area contributed by atoms with Gasteiger partial charge in [0.25, 0.3) is 5.56 Å². The molecule has 1 aliphatic rings. The van der Waals surface area contributed by atoms with Crippen molar-refractivity contribution in [1.29, 1.82) is 0 Å². The molecule has 0 aliphatic heterocycles. The molecule has 1 aromatic rings. The van der Waals surface area contributed by atoms with Gasteiger partial charge in [-0.25, -0.2) is 4.98 Å². The zero-order valence-electron chi connectivity index (χ0n) is 9.62. The first-order chi connectivity index (χ1) is 7.72. The summed E-state index contributed by atoms with van der Waals surface area (Å²) < 4.78 is 5.02. The number of hydrogen-bond acceptors (Lipinski definition) is 4. The number of methoxy groups -OCH3 is 1. The van der Waals surface area contributed by atoms with Crippen LogP contribution in [0.3, 0.4) is 0 Å². The quantitative estimate of drug-likeness (QED) is 0.788. The van der Waals surface area contributed by atoms with Gasteiger partial charge in [0.05, 0.1) is 13.4 Å². The van der Waals surface area contributed by atoms with Crippen molar-refractivity contribution in [3.8, 4) is 5.75 Å². The summed E-state index contributed by atoms with van der Waals surface area (Å²) in [5, 5.41) is 3.17. The molecule has 0 radical (unpaired) electrons. The molecule has 88 valence electrons. The Hall–Kier alpha value is -1.52. The van der Waals surface area contributed by atoms with Gasteiger partial charge in [-0.1, -0.05) is 6.92 Å². The molecule has 0 bridgehead atoms. The first-order valence-electron chi connectivity index (χ1n) is 5.58. The van der Waals surface area contributed by atoms with Crippen molar-refractivity contribution < 1.29 is 4.74 Å². The molecule has 1 atom stereocenters. The summed E-state index contributed by atoms with van der Waals surface area (Å²) in [4.78, 5) is 18.0. The largest absolute Gasteiger partial charge is 0.489 e. The third-order valence-electron chi connectivity index (χ3n) is 3.03. The number of hydrogen-bond donors (Lipinski definition) is 2. The van der Waals surface area contributed by atoms with Crippen LogP contribution in [0.1, 0.15) is 19.8 Å². The normalized spacial score (nSPS) is 16.9. The Labute approximate surface area is 94.2 Å². The molecule has 1 saturated carbocycles. The van der Waals surface area contributed by atoms with Crippen molar-refractivity contribution in [2.45, 2.75) is 19.8 Å². The van der Waals surface area contributed by atoms with E-state index >= 15 is 0 Å². The van der Waals surface area contributed by atoms with E-state index in [1.807, 2.05) is 0 Å². The predicted molar refractivity (Wildman–Crippen MR) is 61.8 cm³/mol. The van der Waals surface area contributed by atoms with Crippen molar-refractivity contribution >= 4 is 5.82 Å². The van der Waals surface area contributed by atoms with Crippen LogP contribution in [0.2, 0.25) is 0 Å². The third kappa shape index (κ3) is 2.35. The summed E-state index contributed by atoms with van der Waals surface area (Å²) in [5.74, 6) is 2.23. The molecule has 5 nitrogen and oxygen atoms in total. The molecular weight excluding hydrogens is 206 g/mol. The highest BCUT2D eigenvalue weighted by atomic mass is 16.5. The van der Waals surface area contributed by atoms with Gasteiger partial charge in [0.1, 0.15) is 0 Å². The summed E-state index contributed by atoms with van der Waals surface area (Å²) >= 11 is 0. The molecule has 0 aromatic carbocycles. The molecule has 5 heteroatoms. The Balaban J connectivity index is 2.02. The maximum Gasteiger partial charge on any atom is 0.295 e. The van der Waals surface area contributed by atoms with Crippen molar-refractivity contribution in [3.63, 3.8) is 0 Å². The van der Waals surface area contributed by atoms with Gasteiger partial charge in [-0.05, 0) is 24.7 Å². The van der Waals surface area contributed by atoms with Crippen molar-refractivity contribution in [3.05, 3.63) is 16.7 Å². The number of nitrogens with zero attached hydrogens (tertiary/aromatic N) is 1. The molecule has 0 saturated heterocycles. The van der Waals surface area contributed by atoms with Crippen molar-refractivity contribution in [1.82, 2.24) is 9.97 Å². The smallest absolute Gasteiger partial charge is 0.295 e. The maximum atomic E-state index is 11.4. The van der Waals surface area contributed by atoms with Crippen LogP contribution in [-0.4, -0.2) is 23.6 Å². The van der Waals surface area contributed by atoms with E-state index < -0.39 is 0 Å². The van der Waals surface area contributed by atoms with Crippen LogP contribution in [0.4, 0.5) is 5.82 Å². The molecule has 1 aliphatic carbocycles. The number of ether oxygens (including phenoxy) is 1. The van der Waals surface area contributed by atoms with Crippen molar-refractivity contribution in [2.24, 2.45) is 11.8 Å². The fourth-order valence-electron chi connectivity index (χ4n) is 1.79. The fourth-order valence-corrected chi connectivity index (χ4v) is 1.79. The maximum absolute atomic E-state index is 11.4. The zero-order chi connectivity index (χ0) is 11.5.